The van der Waals surface area contributed by atoms with Gasteiger partial charge in [-0.2, -0.15) is 0 Å². The van der Waals surface area contributed by atoms with E-state index < -0.39 is 0 Å². The molecule has 0 aliphatic heterocycles. The molecule has 0 bridgehead atoms. The first kappa shape index (κ1) is 14.1. The van der Waals surface area contributed by atoms with Gasteiger partial charge in [-0.1, -0.05) is 18.2 Å². The van der Waals surface area contributed by atoms with E-state index in [0.717, 1.165) is 22.5 Å². The van der Waals surface area contributed by atoms with Gasteiger partial charge in [-0.05, 0) is 24.3 Å². The maximum absolute atomic E-state index is 12.1. The number of aromatic nitrogens is 1. The van der Waals surface area contributed by atoms with Crippen molar-refractivity contribution in [1.82, 2.24) is 10.3 Å². The van der Waals surface area contributed by atoms with E-state index in [1.54, 1.807) is 12.3 Å². The second-order valence-corrected chi connectivity index (χ2v) is 5.23. The van der Waals surface area contributed by atoms with E-state index in [9.17, 15) is 4.79 Å². The molecule has 0 atom stereocenters. The van der Waals surface area contributed by atoms with Gasteiger partial charge >= 0.3 is 0 Å². The number of fused-ring (bicyclic) bond motifs is 1. The van der Waals surface area contributed by atoms with Crippen LogP contribution >= 0.6 is 0 Å². The van der Waals surface area contributed by atoms with Crippen molar-refractivity contribution >= 4 is 22.7 Å². The van der Waals surface area contributed by atoms with Gasteiger partial charge in [-0.15, -0.1) is 0 Å². The topological polar surface area (TPSA) is 58.4 Å². The molecule has 0 saturated carbocycles. The van der Waals surface area contributed by atoms with Gasteiger partial charge in [-0.3, -0.25) is 4.79 Å². The first-order valence-electron chi connectivity index (χ1n) is 7.02. The Hall–Kier alpha value is -2.82. The van der Waals surface area contributed by atoms with Crippen LogP contribution in [0, 0.1) is 0 Å². The Bertz CT molecular complexity index is 758. The predicted molar refractivity (Wildman–Crippen MR) is 85.9 cm³/mol. The molecule has 5 heteroatoms. The Morgan fingerprint density at radius 2 is 2.05 bits per heavy atom. The molecule has 0 saturated heterocycles. The molecule has 5 nitrogen and oxygen atoms in total. The SMILES string of the molecule is CN(C)c1ccc(C(=O)NCc2cc3ccccc3o2)cn1. The highest BCUT2D eigenvalue weighted by Crippen LogP contribution is 2.18. The third-order valence-corrected chi connectivity index (χ3v) is 3.37. The lowest BCUT2D eigenvalue weighted by molar-refractivity contribution is 0.0948. The largest absolute Gasteiger partial charge is 0.459 e. The van der Waals surface area contributed by atoms with Crippen molar-refractivity contribution in [2.24, 2.45) is 0 Å². The summed E-state index contributed by atoms with van der Waals surface area (Å²) in [5.41, 5.74) is 1.35. The van der Waals surface area contributed by atoms with E-state index in [1.165, 1.54) is 0 Å². The molecular formula is C17H17N3O2. The molecule has 0 fully saturated rings. The number of carbonyl (C=O) groups is 1. The zero-order chi connectivity index (χ0) is 15.5. The zero-order valence-corrected chi connectivity index (χ0v) is 12.5. The molecule has 0 radical (unpaired) electrons. The highest BCUT2D eigenvalue weighted by atomic mass is 16.3. The normalized spacial score (nSPS) is 10.6. The summed E-state index contributed by atoms with van der Waals surface area (Å²) in [4.78, 5) is 18.2. The lowest BCUT2D eigenvalue weighted by atomic mass is 10.2. The van der Waals surface area contributed by atoms with E-state index in [2.05, 4.69) is 10.3 Å². The standard InChI is InChI=1S/C17H17N3O2/c1-20(2)16-8-7-13(10-18-16)17(21)19-11-14-9-12-5-3-4-6-15(12)22-14/h3-10H,11H2,1-2H3,(H,19,21). The van der Waals surface area contributed by atoms with E-state index >= 15 is 0 Å². The van der Waals surface area contributed by atoms with Crippen LogP contribution in [0.25, 0.3) is 11.0 Å². The molecule has 3 aromatic rings. The van der Waals surface area contributed by atoms with Crippen LogP contribution in [0.2, 0.25) is 0 Å². The molecule has 0 unspecified atom stereocenters. The van der Waals surface area contributed by atoms with Crippen LogP contribution in [0.15, 0.2) is 53.1 Å². The molecule has 0 spiro atoms. The quantitative estimate of drug-likeness (QED) is 0.804. The fraction of sp³-hybridized carbons (Fsp3) is 0.176. The molecule has 0 aliphatic rings. The number of para-hydroxylation sites is 1. The molecule has 1 amide bonds. The summed E-state index contributed by atoms with van der Waals surface area (Å²) in [5.74, 6) is 1.37. The van der Waals surface area contributed by atoms with Crippen molar-refractivity contribution in [2.75, 3.05) is 19.0 Å². The van der Waals surface area contributed by atoms with E-state index in [0.29, 0.717) is 12.1 Å². The number of amides is 1. The minimum absolute atomic E-state index is 0.168. The molecule has 2 aromatic heterocycles. The Morgan fingerprint density at radius 3 is 2.73 bits per heavy atom. The second-order valence-electron chi connectivity index (χ2n) is 5.23. The van der Waals surface area contributed by atoms with Gasteiger partial charge in [0, 0.05) is 25.7 Å². The predicted octanol–water partition coefficient (Wildman–Crippen LogP) is 2.82. The third-order valence-electron chi connectivity index (χ3n) is 3.37. The molecule has 1 N–H and O–H groups in total. The van der Waals surface area contributed by atoms with Crippen molar-refractivity contribution in [3.63, 3.8) is 0 Å². The number of benzene rings is 1. The van der Waals surface area contributed by atoms with Crippen LogP contribution in [0.5, 0.6) is 0 Å². The van der Waals surface area contributed by atoms with Crippen LogP contribution in [0.3, 0.4) is 0 Å². The van der Waals surface area contributed by atoms with Crippen molar-refractivity contribution < 1.29 is 9.21 Å². The van der Waals surface area contributed by atoms with Gasteiger partial charge < -0.3 is 14.6 Å². The maximum atomic E-state index is 12.1. The summed E-state index contributed by atoms with van der Waals surface area (Å²) < 4.78 is 5.67. The van der Waals surface area contributed by atoms with Crippen LogP contribution in [-0.2, 0) is 6.54 Å². The maximum Gasteiger partial charge on any atom is 0.253 e. The average molecular weight is 295 g/mol. The number of furan rings is 1. The first-order chi connectivity index (χ1) is 10.6. The minimum atomic E-state index is -0.168. The summed E-state index contributed by atoms with van der Waals surface area (Å²) in [6.07, 6.45) is 1.57. The number of pyridine rings is 1. The lowest BCUT2D eigenvalue weighted by Crippen LogP contribution is -2.23. The Balaban J connectivity index is 1.66. The minimum Gasteiger partial charge on any atom is -0.459 e. The number of carbonyl (C=O) groups excluding carboxylic acids is 1. The van der Waals surface area contributed by atoms with Crippen LogP contribution in [-0.4, -0.2) is 25.0 Å². The highest BCUT2D eigenvalue weighted by molar-refractivity contribution is 5.94. The van der Waals surface area contributed by atoms with Gasteiger partial charge in [0.1, 0.15) is 17.2 Å². The Morgan fingerprint density at radius 1 is 1.23 bits per heavy atom. The van der Waals surface area contributed by atoms with Crippen molar-refractivity contribution in [1.29, 1.82) is 0 Å². The van der Waals surface area contributed by atoms with Crippen molar-refractivity contribution in [3.05, 3.63) is 60.0 Å². The molecule has 0 aliphatic carbocycles. The molecule has 2 heterocycles. The van der Waals surface area contributed by atoms with Gasteiger partial charge in [0.25, 0.3) is 5.91 Å². The number of rotatable bonds is 4. The first-order valence-corrected chi connectivity index (χ1v) is 7.02. The Labute approximate surface area is 128 Å². The second kappa shape index (κ2) is 5.89. The van der Waals surface area contributed by atoms with Gasteiger partial charge in [-0.25, -0.2) is 4.98 Å². The van der Waals surface area contributed by atoms with E-state index in [1.807, 2.05) is 55.4 Å². The lowest BCUT2D eigenvalue weighted by Gasteiger charge is -2.11. The Kier molecular flexibility index (Phi) is 3.78. The van der Waals surface area contributed by atoms with Crippen LogP contribution in [0.4, 0.5) is 5.82 Å². The molecule has 1 aromatic carbocycles. The third kappa shape index (κ3) is 2.93. The summed E-state index contributed by atoms with van der Waals surface area (Å²) in [7, 11) is 3.81. The van der Waals surface area contributed by atoms with Crippen LogP contribution in [0.1, 0.15) is 16.1 Å². The summed E-state index contributed by atoms with van der Waals surface area (Å²) in [6.45, 7) is 0.350. The molecular weight excluding hydrogens is 278 g/mol. The monoisotopic (exact) mass is 295 g/mol. The number of nitrogens with one attached hydrogen (secondary N) is 1. The van der Waals surface area contributed by atoms with Crippen molar-refractivity contribution in [2.45, 2.75) is 6.54 Å². The number of hydrogen-bond acceptors (Lipinski definition) is 4. The van der Waals surface area contributed by atoms with Crippen LogP contribution < -0.4 is 10.2 Å². The van der Waals surface area contributed by atoms with E-state index in [-0.39, 0.29) is 5.91 Å². The van der Waals surface area contributed by atoms with Crippen molar-refractivity contribution in [3.8, 4) is 0 Å². The summed E-state index contributed by atoms with van der Waals surface area (Å²) in [6, 6.07) is 13.3. The molecule has 3 rings (SSSR count). The fourth-order valence-corrected chi connectivity index (χ4v) is 2.18. The smallest absolute Gasteiger partial charge is 0.253 e. The zero-order valence-electron chi connectivity index (χ0n) is 12.5. The van der Waals surface area contributed by atoms with Gasteiger partial charge in [0.15, 0.2) is 0 Å². The number of nitrogens with zero attached hydrogens (tertiary/aromatic N) is 2. The number of hydrogen-bond donors (Lipinski definition) is 1. The fourth-order valence-electron chi connectivity index (χ4n) is 2.18. The van der Waals surface area contributed by atoms with Gasteiger partial charge in [0.2, 0.25) is 0 Å². The summed E-state index contributed by atoms with van der Waals surface area (Å²) in [5, 5.41) is 3.87. The van der Waals surface area contributed by atoms with E-state index in [4.69, 9.17) is 4.42 Å². The number of anilines is 1. The highest BCUT2D eigenvalue weighted by Gasteiger charge is 2.09. The molecule has 22 heavy (non-hydrogen) atoms. The molecule has 112 valence electrons. The average Bonchev–Trinajstić information content (AvgIpc) is 2.95. The summed E-state index contributed by atoms with van der Waals surface area (Å²) >= 11 is 0. The van der Waals surface area contributed by atoms with Gasteiger partial charge in [0.05, 0.1) is 12.1 Å².